The molecule has 0 N–H and O–H groups in total. The number of carbonyl (C=O) groups is 3. The molecule has 2 aliphatic rings. The molecule has 1 saturated carbocycles. The largest absolute Gasteiger partial charge is 0.496 e. The van der Waals surface area contributed by atoms with Crippen LogP contribution in [-0.2, 0) is 9.59 Å². The van der Waals surface area contributed by atoms with Gasteiger partial charge in [-0.05, 0) is 37.6 Å². The Morgan fingerprint density at radius 1 is 1.09 bits per heavy atom. The fourth-order valence-electron chi connectivity index (χ4n) is 4.86. The minimum atomic E-state index is -0.855. The number of hydrogen-bond donors (Lipinski definition) is 0. The lowest BCUT2D eigenvalue weighted by atomic mass is 9.63. The lowest BCUT2D eigenvalue weighted by Gasteiger charge is -2.52. The van der Waals surface area contributed by atoms with Crippen LogP contribution in [0.4, 0.5) is 0 Å². The van der Waals surface area contributed by atoms with Crippen molar-refractivity contribution in [2.75, 3.05) is 27.3 Å². The van der Waals surface area contributed by atoms with Gasteiger partial charge in [-0.2, -0.15) is 0 Å². The van der Waals surface area contributed by atoms with Gasteiger partial charge in [-0.3, -0.25) is 14.4 Å². The van der Waals surface area contributed by atoms with Gasteiger partial charge in [-0.15, -0.1) is 16.1 Å². The number of benzene rings is 1. The maximum atomic E-state index is 13.2. The summed E-state index contributed by atoms with van der Waals surface area (Å²) in [4.78, 5) is 40.7. The molecule has 2 aromatic rings. The molecule has 1 aromatic carbocycles. The molecule has 170 valence electrons. The fourth-order valence-corrected chi connectivity index (χ4v) is 4.86. The second-order valence-corrected chi connectivity index (χ2v) is 8.63. The Balaban J connectivity index is 1.50. The molecule has 0 unspecified atom stereocenters. The molecule has 2 heterocycles. The third-order valence-electron chi connectivity index (χ3n) is 6.28. The van der Waals surface area contributed by atoms with Gasteiger partial charge in [0, 0.05) is 48.5 Å². The Morgan fingerprint density at radius 3 is 2.33 bits per heavy atom. The quantitative estimate of drug-likeness (QED) is 0.524. The SMILES string of the molecule is CC#Cc1cc(C)c(C2C(=O)CC3(CC2=O)CN(C(=O)c2ccc(OC)nn2)C3)c(OC)c1. The number of likely N-dealkylation sites (tertiary alicyclic amines) is 1. The van der Waals surface area contributed by atoms with Crippen LogP contribution in [0.25, 0.3) is 0 Å². The Morgan fingerprint density at radius 2 is 1.79 bits per heavy atom. The van der Waals surface area contributed by atoms with Gasteiger partial charge >= 0.3 is 0 Å². The highest BCUT2D eigenvalue weighted by Crippen LogP contribution is 2.47. The number of methoxy groups -OCH3 is 2. The molecule has 1 aliphatic heterocycles. The van der Waals surface area contributed by atoms with Crippen LogP contribution < -0.4 is 9.47 Å². The molecule has 1 aliphatic carbocycles. The molecule has 1 saturated heterocycles. The summed E-state index contributed by atoms with van der Waals surface area (Å²) in [6, 6.07) is 6.76. The third-order valence-corrected chi connectivity index (χ3v) is 6.28. The van der Waals surface area contributed by atoms with Gasteiger partial charge in [-0.1, -0.05) is 5.92 Å². The van der Waals surface area contributed by atoms with E-state index in [1.165, 1.54) is 14.2 Å². The van der Waals surface area contributed by atoms with Gasteiger partial charge in [0.25, 0.3) is 5.91 Å². The van der Waals surface area contributed by atoms with Gasteiger partial charge < -0.3 is 14.4 Å². The average Bonchev–Trinajstić information content (AvgIpc) is 2.77. The van der Waals surface area contributed by atoms with Crippen LogP contribution in [0.15, 0.2) is 24.3 Å². The normalized spacial score (nSPS) is 17.3. The second kappa shape index (κ2) is 8.66. The van der Waals surface area contributed by atoms with Gasteiger partial charge in [-0.25, -0.2) is 0 Å². The monoisotopic (exact) mass is 447 g/mol. The van der Waals surface area contributed by atoms with E-state index in [0.717, 1.165) is 11.1 Å². The maximum Gasteiger partial charge on any atom is 0.274 e. The van der Waals surface area contributed by atoms with Crippen molar-refractivity contribution >= 4 is 17.5 Å². The molecule has 0 radical (unpaired) electrons. The van der Waals surface area contributed by atoms with Crippen LogP contribution >= 0.6 is 0 Å². The number of carbonyl (C=O) groups excluding carboxylic acids is 3. The van der Waals surface area contributed by atoms with Crippen molar-refractivity contribution in [3.63, 3.8) is 0 Å². The van der Waals surface area contributed by atoms with E-state index in [2.05, 4.69) is 22.0 Å². The number of ether oxygens (including phenoxy) is 2. The minimum absolute atomic E-state index is 0.140. The van der Waals surface area contributed by atoms with E-state index in [9.17, 15) is 14.4 Å². The highest BCUT2D eigenvalue weighted by Gasteiger charge is 2.54. The van der Waals surface area contributed by atoms with E-state index in [0.29, 0.717) is 30.3 Å². The van der Waals surface area contributed by atoms with Crippen LogP contribution in [-0.4, -0.2) is 59.9 Å². The topological polar surface area (TPSA) is 98.7 Å². The van der Waals surface area contributed by atoms with Crippen molar-refractivity contribution in [2.24, 2.45) is 5.41 Å². The number of rotatable bonds is 4. The smallest absolute Gasteiger partial charge is 0.274 e. The van der Waals surface area contributed by atoms with Crippen molar-refractivity contribution in [2.45, 2.75) is 32.6 Å². The van der Waals surface area contributed by atoms with E-state index in [4.69, 9.17) is 9.47 Å². The summed E-state index contributed by atoms with van der Waals surface area (Å²) in [6.07, 6.45) is 0.473. The number of aromatic nitrogens is 2. The number of Topliss-reactive ketones (excluding diaryl/α,β-unsaturated/α-hetero) is 2. The van der Waals surface area contributed by atoms with Crippen LogP contribution in [0.5, 0.6) is 11.6 Å². The highest BCUT2D eigenvalue weighted by molar-refractivity contribution is 6.11. The van der Waals surface area contributed by atoms with Gasteiger partial charge in [0.2, 0.25) is 5.88 Å². The number of hydrogen-bond acceptors (Lipinski definition) is 7. The van der Waals surface area contributed by atoms with Crippen molar-refractivity contribution in [1.82, 2.24) is 15.1 Å². The summed E-state index contributed by atoms with van der Waals surface area (Å²) in [7, 11) is 3.00. The summed E-state index contributed by atoms with van der Waals surface area (Å²) in [6.45, 7) is 4.29. The van der Waals surface area contributed by atoms with Crippen LogP contribution in [0, 0.1) is 24.2 Å². The molecule has 0 bridgehead atoms. The fraction of sp³-hybridized carbons (Fsp3) is 0.400. The summed E-state index contributed by atoms with van der Waals surface area (Å²) in [5, 5.41) is 7.72. The Labute approximate surface area is 192 Å². The molecule has 1 aromatic heterocycles. The zero-order chi connectivity index (χ0) is 23.8. The van der Waals surface area contributed by atoms with Crippen molar-refractivity contribution in [3.05, 3.63) is 46.6 Å². The van der Waals surface area contributed by atoms with E-state index in [1.54, 1.807) is 30.0 Å². The van der Waals surface area contributed by atoms with Crippen LogP contribution in [0.3, 0.4) is 0 Å². The molecule has 1 spiro atoms. The first kappa shape index (κ1) is 22.5. The summed E-state index contributed by atoms with van der Waals surface area (Å²) in [5.74, 6) is 5.25. The number of ketones is 2. The summed E-state index contributed by atoms with van der Waals surface area (Å²) >= 11 is 0. The summed E-state index contributed by atoms with van der Waals surface area (Å²) in [5.41, 5.74) is 1.88. The zero-order valence-electron chi connectivity index (χ0n) is 19.1. The predicted molar refractivity (Wildman–Crippen MR) is 119 cm³/mol. The van der Waals surface area contributed by atoms with Gasteiger partial charge in [0.05, 0.1) is 14.2 Å². The number of nitrogens with zero attached hydrogens (tertiary/aromatic N) is 3. The molecule has 4 rings (SSSR count). The molecule has 0 atom stereocenters. The van der Waals surface area contributed by atoms with Crippen LogP contribution in [0.2, 0.25) is 0 Å². The van der Waals surface area contributed by atoms with E-state index in [-0.39, 0.29) is 36.0 Å². The predicted octanol–water partition coefficient (Wildman–Crippen LogP) is 2.33. The highest BCUT2D eigenvalue weighted by atomic mass is 16.5. The van der Waals surface area contributed by atoms with Crippen molar-refractivity contribution < 1.29 is 23.9 Å². The Kier molecular flexibility index (Phi) is 5.90. The van der Waals surface area contributed by atoms with E-state index < -0.39 is 11.3 Å². The molecular formula is C25H25N3O5. The van der Waals surface area contributed by atoms with Crippen LogP contribution in [0.1, 0.15) is 52.9 Å². The zero-order valence-corrected chi connectivity index (χ0v) is 19.1. The number of amides is 1. The molecule has 8 heteroatoms. The molecule has 1 amide bonds. The second-order valence-electron chi connectivity index (χ2n) is 8.63. The van der Waals surface area contributed by atoms with Crippen molar-refractivity contribution in [1.29, 1.82) is 0 Å². The van der Waals surface area contributed by atoms with Gasteiger partial charge in [0.1, 0.15) is 23.2 Å². The minimum Gasteiger partial charge on any atom is -0.496 e. The van der Waals surface area contributed by atoms with E-state index >= 15 is 0 Å². The first-order valence-corrected chi connectivity index (χ1v) is 10.6. The van der Waals surface area contributed by atoms with E-state index in [1.807, 2.05) is 13.0 Å². The Hall–Kier alpha value is -3.73. The third kappa shape index (κ3) is 4.07. The lowest BCUT2D eigenvalue weighted by Crippen LogP contribution is -2.62. The molecule has 2 fully saturated rings. The van der Waals surface area contributed by atoms with Gasteiger partial charge in [0.15, 0.2) is 5.69 Å². The first-order chi connectivity index (χ1) is 15.8. The number of aryl methyl sites for hydroxylation is 1. The van der Waals surface area contributed by atoms with Crippen molar-refractivity contribution in [3.8, 4) is 23.5 Å². The molecule has 33 heavy (non-hydrogen) atoms. The lowest BCUT2D eigenvalue weighted by molar-refractivity contribution is -0.142. The molecular weight excluding hydrogens is 422 g/mol. The summed E-state index contributed by atoms with van der Waals surface area (Å²) < 4.78 is 10.5. The first-order valence-electron chi connectivity index (χ1n) is 10.6. The maximum absolute atomic E-state index is 13.2. The standard InChI is InChI=1S/C25H25N3O5/c1-5-6-16-9-15(2)22(20(10-16)32-3)23-18(29)11-25(12-19(23)30)13-28(14-25)24(31)17-7-8-21(33-4)27-26-17/h7-10,23H,11-14H2,1-4H3. The average molecular weight is 447 g/mol. The Bertz CT molecular complexity index is 1170. The molecule has 8 nitrogen and oxygen atoms in total.